The van der Waals surface area contributed by atoms with Crippen molar-refractivity contribution in [1.82, 2.24) is 15.8 Å². The van der Waals surface area contributed by atoms with Crippen LogP contribution in [0.15, 0.2) is 24.3 Å². The standard InChI is InChI=1S/C6H10N4.2ClH/c7-6-3-5-4-8-1-2-10(5)9-6;;/h1-2,4,6,8-9H,3,7H2;2*1H. The minimum atomic E-state index is 0. The number of hydrogen-bond donors (Lipinski definition) is 3. The number of hydrazine groups is 1. The van der Waals surface area contributed by atoms with E-state index in [9.17, 15) is 0 Å². The lowest BCUT2D eigenvalue weighted by Gasteiger charge is -2.17. The Kier molecular flexibility index (Phi) is 4.41. The number of nitrogens with two attached hydrogens (primary N) is 1. The van der Waals surface area contributed by atoms with Gasteiger partial charge in [-0.15, -0.1) is 24.8 Å². The van der Waals surface area contributed by atoms with E-state index < -0.39 is 0 Å². The molecule has 0 bridgehead atoms. The molecule has 2 heterocycles. The Labute approximate surface area is 83.6 Å². The van der Waals surface area contributed by atoms with Crippen molar-refractivity contribution in [3.8, 4) is 0 Å². The molecular formula is C6H12Cl2N4. The van der Waals surface area contributed by atoms with E-state index in [1.54, 1.807) is 0 Å². The Morgan fingerprint density at radius 3 is 2.92 bits per heavy atom. The highest BCUT2D eigenvalue weighted by Crippen LogP contribution is 2.16. The van der Waals surface area contributed by atoms with E-state index in [0.29, 0.717) is 0 Å². The molecule has 6 heteroatoms. The molecule has 4 N–H and O–H groups in total. The molecule has 1 fully saturated rings. The molecule has 1 saturated heterocycles. The molecular weight excluding hydrogens is 199 g/mol. The molecule has 0 aromatic heterocycles. The summed E-state index contributed by atoms with van der Waals surface area (Å²) >= 11 is 0. The van der Waals surface area contributed by atoms with Gasteiger partial charge in [-0.25, -0.2) is 5.43 Å². The first kappa shape index (κ1) is 11.6. The van der Waals surface area contributed by atoms with Gasteiger partial charge in [-0.3, -0.25) is 5.01 Å². The van der Waals surface area contributed by atoms with Crippen molar-refractivity contribution in [1.29, 1.82) is 0 Å². The largest absolute Gasteiger partial charge is 0.365 e. The maximum atomic E-state index is 5.64. The van der Waals surface area contributed by atoms with Crippen molar-refractivity contribution < 1.29 is 0 Å². The van der Waals surface area contributed by atoms with Crippen molar-refractivity contribution in [3.63, 3.8) is 0 Å². The molecule has 4 nitrogen and oxygen atoms in total. The van der Waals surface area contributed by atoms with Gasteiger partial charge in [0.25, 0.3) is 0 Å². The lowest BCUT2D eigenvalue weighted by atomic mass is 10.3. The van der Waals surface area contributed by atoms with Crippen LogP contribution in [-0.4, -0.2) is 11.2 Å². The number of halogens is 2. The molecule has 0 aliphatic carbocycles. The fourth-order valence-electron chi connectivity index (χ4n) is 1.16. The lowest BCUT2D eigenvalue weighted by molar-refractivity contribution is 0.360. The molecule has 2 aliphatic rings. The third-order valence-corrected chi connectivity index (χ3v) is 1.61. The zero-order valence-electron chi connectivity index (χ0n) is 6.36. The summed E-state index contributed by atoms with van der Waals surface area (Å²) in [6, 6.07) is 0. The van der Waals surface area contributed by atoms with Crippen LogP contribution in [0.2, 0.25) is 0 Å². The van der Waals surface area contributed by atoms with E-state index in [2.05, 4.69) is 10.7 Å². The first-order valence-corrected chi connectivity index (χ1v) is 3.29. The minimum Gasteiger partial charge on any atom is -0.365 e. The Balaban J connectivity index is 0.000000605. The van der Waals surface area contributed by atoms with Gasteiger partial charge in [-0.1, -0.05) is 0 Å². The second-order valence-corrected chi connectivity index (χ2v) is 2.43. The summed E-state index contributed by atoms with van der Waals surface area (Å²) in [5.74, 6) is 0. The SMILES string of the molecule is Cl.Cl.NC1CC2=CNC=CN2N1. The first-order chi connectivity index (χ1) is 4.86. The van der Waals surface area contributed by atoms with Crippen molar-refractivity contribution in [2.75, 3.05) is 0 Å². The third-order valence-electron chi connectivity index (χ3n) is 1.61. The molecule has 2 rings (SSSR count). The number of nitrogens with one attached hydrogen (secondary N) is 2. The maximum absolute atomic E-state index is 5.64. The van der Waals surface area contributed by atoms with Crippen molar-refractivity contribution in [2.45, 2.75) is 12.6 Å². The zero-order valence-corrected chi connectivity index (χ0v) is 7.99. The fraction of sp³-hybridized carbons (Fsp3) is 0.333. The maximum Gasteiger partial charge on any atom is 0.0787 e. The van der Waals surface area contributed by atoms with Crippen LogP contribution in [0.25, 0.3) is 0 Å². The van der Waals surface area contributed by atoms with Crippen LogP contribution in [0.5, 0.6) is 0 Å². The van der Waals surface area contributed by atoms with Gasteiger partial charge >= 0.3 is 0 Å². The summed E-state index contributed by atoms with van der Waals surface area (Å²) in [5, 5.41) is 4.93. The molecule has 70 valence electrons. The van der Waals surface area contributed by atoms with Crippen LogP contribution in [0.3, 0.4) is 0 Å². The van der Waals surface area contributed by atoms with Crippen LogP contribution < -0.4 is 16.5 Å². The van der Waals surface area contributed by atoms with Gasteiger partial charge in [0.2, 0.25) is 0 Å². The molecule has 0 aromatic rings. The number of fused-ring (bicyclic) bond motifs is 1. The summed E-state index contributed by atoms with van der Waals surface area (Å²) in [7, 11) is 0. The summed E-state index contributed by atoms with van der Waals surface area (Å²) in [4.78, 5) is 0. The average Bonchev–Trinajstić information content (AvgIpc) is 2.27. The predicted octanol–water partition coefficient (Wildman–Crippen LogP) is 0.241. The molecule has 0 amide bonds. The Bertz CT molecular complexity index is 204. The average molecular weight is 211 g/mol. The van der Waals surface area contributed by atoms with Gasteiger partial charge in [-0.2, -0.15) is 0 Å². The van der Waals surface area contributed by atoms with Crippen LogP contribution in [0.4, 0.5) is 0 Å². The first-order valence-electron chi connectivity index (χ1n) is 3.29. The van der Waals surface area contributed by atoms with Crippen molar-refractivity contribution >= 4 is 24.8 Å². The van der Waals surface area contributed by atoms with Crippen LogP contribution in [0.1, 0.15) is 6.42 Å². The summed E-state index contributed by atoms with van der Waals surface area (Å²) < 4.78 is 0. The molecule has 0 spiro atoms. The molecule has 1 unspecified atom stereocenters. The predicted molar refractivity (Wildman–Crippen MR) is 52.4 cm³/mol. The van der Waals surface area contributed by atoms with Crippen LogP contribution in [0, 0.1) is 0 Å². The monoisotopic (exact) mass is 210 g/mol. The molecule has 0 saturated carbocycles. The molecule has 12 heavy (non-hydrogen) atoms. The van der Waals surface area contributed by atoms with Crippen LogP contribution in [-0.2, 0) is 0 Å². The Hall–Kier alpha value is -0.420. The molecule has 2 aliphatic heterocycles. The number of rotatable bonds is 0. The summed E-state index contributed by atoms with van der Waals surface area (Å²) in [6.45, 7) is 0. The highest BCUT2D eigenvalue weighted by atomic mass is 35.5. The molecule has 1 atom stereocenters. The smallest absolute Gasteiger partial charge is 0.0787 e. The van der Waals surface area contributed by atoms with Gasteiger partial charge in [0.05, 0.1) is 11.9 Å². The zero-order chi connectivity index (χ0) is 6.97. The topological polar surface area (TPSA) is 53.3 Å². The van der Waals surface area contributed by atoms with E-state index in [-0.39, 0.29) is 31.0 Å². The second-order valence-electron chi connectivity index (χ2n) is 2.43. The quantitative estimate of drug-likeness (QED) is 0.537. The van der Waals surface area contributed by atoms with E-state index in [1.807, 2.05) is 23.6 Å². The van der Waals surface area contributed by atoms with Gasteiger partial charge in [0.1, 0.15) is 0 Å². The van der Waals surface area contributed by atoms with Crippen molar-refractivity contribution in [2.24, 2.45) is 5.73 Å². The van der Waals surface area contributed by atoms with E-state index in [0.717, 1.165) is 6.42 Å². The molecule has 0 radical (unpaired) electrons. The van der Waals surface area contributed by atoms with Gasteiger partial charge in [-0.05, 0) is 0 Å². The number of nitrogens with zero attached hydrogens (tertiary/aromatic N) is 1. The highest BCUT2D eigenvalue weighted by Gasteiger charge is 2.21. The van der Waals surface area contributed by atoms with Gasteiger partial charge in [0, 0.05) is 25.0 Å². The highest BCUT2D eigenvalue weighted by molar-refractivity contribution is 5.85. The van der Waals surface area contributed by atoms with E-state index in [1.165, 1.54) is 5.70 Å². The normalized spacial score (nSPS) is 24.6. The number of hydrogen-bond acceptors (Lipinski definition) is 4. The summed E-state index contributed by atoms with van der Waals surface area (Å²) in [5.41, 5.74) is 9.90. The van der Waals surface area contributed by atoms with Crippen LogP contribution >= 0.6 is 24.8 Å². The van der Waals surface area contributed by atoms with Gasteiger partial charge in [0.15, 0.2) is 0 Å². The van der Waals surface area contributed by atoms with E-state index in [4.69, 9.17) is 5.73 Å². The van der Waals surface area contributed by atoms with Gasteiger partial charge < -0.3 is 11.1 Å². The Morgan fingerprint density at radius 2 is 2.25 bits per heavy atom. The fourth-order valence-corrected chi connectivity index (χ4v) is 1.16. The van der Waals surface area contributed by atoms with E-state index >= 15 is 0 Å². The second kappa shape index (κ2) is 4.57. The third kappa shape index (κ3) is 2.04. The lowest BCUT2D eigenvalue weighted by Crippen LogP contribution is -2.37. The molecule has 0 aromatic carbocycles. The van der Waals surface area contributed by atoms with Crippen molar-refractivity contribution in [3.05, 3.63) is 24.3 Å². The Morgan fingerprint density at radius 1 is 1.50 bits per heavy atom. The minimum absolute atomic E-state index is 0. The summed E-state index contributed by atoms with van der Waals surface area (Å²) in [6.07, 6.45) is 6.67.